The predicted octanol–water partition coefficient (Wildman–Crippen LogP) is 2.47. The second-order valence-electron chi connectivity index (χ2n) is 7.40. The summed E-state index contributed by atoms with van der Waals surface area (Å²) in [4.78, 5) is 4.60. The summed E-state index contributed by atoms with van der Waals surface area (Å²) in [6.07, 6.45) is 5.78. The maximum atomic E-state index is 12.9. The third-order valence-electron chi connectivity index (χ3n) is 5.38. The van der Waals surface area contributed by atoms with Gasteiger partial charge in [-0.15, -0.1) is 0 Å². The second-order valence-corrected chi connectivity index (χ2v) is 9.12. The molecule has 0 bridgehead atoms. The van der Waals surface area contributed by atoms with E-state index in [2.05, 4.69) is 9.71 Å². The van der Waals surface area contributed by atoms with Crippen molar-refractivity contribution in [1.82, 2.24) is 14.1 Å². The molecule has 1 saturated carbocycles. The Bertz CT molecular complexity index is 1120. The molecule has 4 rings (SSSR count). The predicted molar refractivity (Wildman–Crippen MR) is 108 cm³/mol. The number of nitrogens with one attached hydrogen (secondary N) is 1. The fraction of sp³-hybridized carbons (Fsp3) is 0.350. The van der Waals surface area contributed by atoms with Gasteiger partial charge in [-0.25, -0.2) is 18.1 Å². The van der Waals surface area contributed by atoms with Crippen molar-refractivity contribution in [2.24, 2.45) is 0 Å². The maximum absolute atomic E-state index is 12.9. The van der Waals surface area contributed by atoms with Crippen molar-refractivity contribution in [2.45, 2.75) is 49.6 Å². The van der Waals surface area contributed by atoms with Crippen molar-refractivity contribution < 1.29 is 13.5 Å². The van der Waals surface area contributed by atoms with Gasteiger partial charge < -0.3 is 10.8 Å². The van der Waals surface area contributed by atoms with Crippen molar-refractivity contribution in [2.75, 3.05) is 5.73 Å². The third kappa shape index (κ3) is 3.50. The summed E-state index contributed by atoms with van der Waals surface area (Å²) in [6.45, 7) is 1.94. The van der Waals surface area contributed by atoms with Gasteiger partial charge >= 0.3 is 0 Å². The summed E-state index contributed by atoms with van der Waals surface area (Å²) in [6, 6.07) is 8.58. The zero-order chi connectivity index (χ0) is 19.9. The number of nitrogens with two attached hydrogens (primary N) is 1. The summed E-state index contributed by atoms with van der Waals surface area (Å²) in [5, 5.41) is 9.63. The topological polar surface area (TPSA) is 110 Å². The van der Waals surface area contributed by atoms with E-state index in [-0.39, 0.29) is 17.0 Å². The summed E-state index contributed by atoms with van der Waals surface area (Å²) in [5.41, 5.74) is 9.73. The number of aryl methyl sites for hydroxylation is 1. The van der Waals surface area contributed by atoms with Gasteiger partial charge in [-0.05, 0) is 62.4 Å². The monoisotopic (exact) mass is 400 g/mol. The number of nitrogen functional groups attached to an aromatic ring is 1. The molecule has 0 saturated heterocycles. The first-order valence-electron chi connectivity index (χ1n) is 9.38. The molecule has 148 valence electrons. The minimum Gasteiger partial charge on any atom is -0.396 e. The summed E-state index contributed by atoms with van der Waals surface area (Å²) in [5.74, 6) is 0. The van der Waals surface area contributed by atoms with Crippen LogP contribution >= 0.6 is 0 Å². The van der Waals surface area contributed by atoms with Crippen LogP contribution in [-0.2, 0) is 10.0 Å². The molecule has 1 aliphatic rings. The molecule has 3 aromatic rings. The molecule has 0 amide bonds. The molecule has 2 heterocycles. The van der Waals surface area contributed by atoms with Crippen LogP contribution in [0.5, 0.6) is 0 Å². The van der Waals surface area contributed by atoms with Gasteiger partial charge in [-0.2, -0.15) is 0 Å². The van der Waals surface area contributed by atoms with Crippen LogP contribution in [0.2, 0.25) is 0 Å². The average Bonchev–Trinajstić information content (AvgIpc) is 3.09. The number of hydrogen-bond donors (Lipinski definition) is 3. The lowest BCUT2D eigenvalue weighted by molar-refractivity contribution is 0.120. The van der Waals surface area contributed by atoms with Crippen molar-refractivity contribution >= 4 is 21.4 Å². The number of fused-ring (bicyclic) bond motifs is 1. The van der Waals surface area contributed by atoms with Crippen LogP contribution in [0.4, 0.5) is 5.69 Å². The highest BCUT2D eigenvalue weighted by Gasteiger charge is 2.25. The highest BCUT2D eigenvalue weighted by atomic mass is 32.2. The number of imidazole rings is 1. The van der Waals surface area contributed by atoms with E-state index in [9.17, 15) is 13.5 Å². The normalized spacial score (nSPS) is 20.5. The zero-order valence-electron chi connectivity index (χ0n) is 15.7. The van der Waals surface area contributed by atoms with Crippen LogP contribution in [0.25, 0.3) is 16.9 Å². The molecular formula is C20H24N4O3S. The van der Waals surface area contributed by atoms with E-state index in [0.29, 0.717) is 37.0 Å². The summed E-state index contributed by atoms with van der Waals surface area (Å²) < 4.78 is 30.5. The molecule has 0 unspecified atom stereocenters. The molecule has 8 heteroatoms. The number of nitrogens with zero attached hydrogens (tertiary/aromatic N) is 2. The molecule has 1 aromatic carbocycles. The first-order chi connectivity index (χ1) is 13.3. The molecule has 0 aliphatic heterocycles. The van der Waals surface area contributed by atoms with E-state index in [4.69, 9.17) is 5.73 Å². The van der Waals surface area contributed by atoms with E-state index in [0.717, 1.165) is 16.8 Å². The quantitative estimate of drug-likeness (QED) is 0.623. The summed E-state index contributed by atoms with van der Waals surface area (Å²) >= 11 is 0. The Morgan fingerprint density at radius 2 is 1.96 bits per heavy atom. The van der Waals surface area contributed by atoms with Gasteiger partial charge in [0.05, 0.1) is 28.6 Å². The van der Waals surface area contributed by atoms with Crippen molar-refractivity contribution in [3.8, 4) is 11.3 Å². The van der Waals surface area contributed by atoms with Gasteiger partial charge in [0.25, 0.3) is 0 Å². The molecule has 0 radical (unpaired) electrons. The minimum absolute atomic E-state index is 0.145. The SMILES string of the molecule is Cc1ccc(S(=O)(=O)NC2CCC(O)CC2)cc1-c1cnc2c(N)cccn12. The lowest BCUT2D eigenvalue weighted by Crippen LogP contribution is -2.38. The number of rotatable bonds is 4. The molecular weight excluding hydrogens is 376 g/mol. The first-order valence-corrected chi connectivity index (χ1v) is 10.9. The molecule has 28 heavy (non-hydrogen) atoms. The van der Waals surface area contributed by atoms with E-state index in [1.165, 1.54) is 0 Å². The van der Waals surface area contributed by atoms with Crippen molar-refractivity contribution in [3.05, 3.63) is 48.3 Å². The molecule has 1 fully saturated rings. The Morgan fingerprint density at radius 3 is 2.71 bits per heavy atom. The van der Waals surface area contributed by atoms with Gasteiger partial charge in [0.2, 0.25) is 10.0 Å². The van der Waals surface area contributed by atoms with Crippen LogP contribution in [0.3, 0.4) is 0 Å². The number of aliphatic hydroxyl groups excluding tert-OH is 1. The molecule has 0 spiro atoms. The number of pyridine rings is 1. The van der Waals surface area contributed by atoms with Crippen LogP contribution in [0.1, 0.15) is 31.2 Å². The van der Waals surface area contributed by atoms with Gasteiger partial charge in [-0.3, -0.25) is 4.40 Å². The molecule has 4 N–H and O–H groups in total. The van der Waals surface area contributed by atoms with Crippen molar-refractivity contribution in [1.29, 1.82) is 0 Å². The first kappa shape index (κ1) is 18.9. The Labute approximate surface area is 164 Å². The zero-order valence-corrected chi connectivity index (χ0v) is 16.5. The van der Waals surface area contributed by atoms with Crippen LogP contribution in [0.15, 0.2) is 47.6 Å². The number of anilines is 1. The van der Waals surface area contributed by atoms with Crippen LogP contribution in [-0.4, -0.2) is 35.1 Å². The fourth-order valence-electron chi connectivity index (χ4n) is 3.76. The molecule has 2 aromatic heterocycles. The van der Waals surface area contributed by atoms with Crippen molar-refractivity contribution in [3.63, 3.8) is 0 Å². The number of aliphatic hydroxyl groups is 1. The Morgan fingerprint density at radius 1 is 1.21 bits per heavy atom. The van der Waals surface area contributed by atoms with E-state index in [1.54, 1.807) is 30.5 Å². The highest BCUT2D eigenvalue weighted by molar-refractivity contribution is 7.89. The number of sulfonamides is 1. The third-order valence-corrected chi connectivity index (χ3v) is 6.90. The largest absolute Gasteiger partial charge is 0.396 e. The minimum atomic E-state index is -3.66. The molecule has 7 nitrogen and oxygen atoms in total. The van der Waals surface area contributed by atoms with E-state index in [1.807, 2.05) is 23.6 Å². The van der Waals surface area contributed by atoms with Crippen LogP contribution in [0, 0.1) is 6.92 Å². The van der Waals surface area contributed by atoms with E-state index < -0.39 is 10.0 Å². The molecule has 1 aliphatic carbocycles. The lowest BCUT2D eigenvalue weighted by atomic mass is 9.94. The number of hydrogen-bond acceptors (Lipinski definition) is 5. The van der Waals surface area contributed by atoms with Crippen LogP contribution < -0.4 is 10.5 Å². The Kier molecular flexibility index (Phi) is 4.86. The Balaban J connectivity index is 1.69. The van der Waals surface area contributed by atoms with Gasteiger partial charge in [-0.1, -0.05) is 6.07 Å². The number of aromatic nitrogens is 2. The Hall–Kier alpha value is -2.42. The van der Waals surface area contributed by atoms with Gasteiger partial charge in [0.1, 0.15) is 0 Å². The van der Waals surface area contributed by atoms with Gasteiger partial charge in [0.15, 0.2) is 5.65 Å². The average molecular weight is 401 g/mol. The lowest BCUT2D eigenvalue weighted by Gasteiger charge is -2.26. The highest BCUT2D eigenvalue weighted by Crippen LogP contribution is 2.29. The fourth-order valence-corrected chi connectivity index (χ4v) is 5.09. The molecule has 0 atom stereocenters. The second kappa shape index (κ2) is 7.20. The maximum Gasteiger partial charge on any atom is 0.240 e. The van der Waals surface area contributed by atoms with E-state index >= 15 is 0 Å². The smallest absolute Gasteiger partial charge is 0.240 e. The summed E-state index contributed by atoms with van der Waals surface area (Å²) in [7, 11) is -3.66. The van der Waals surface area contributed by atoms with Gasteiger partial charge in [0, 0.05) is 17.8 Å². The standard InChI is InChI=1S/C20H24N4O3S/c1-13-4-9-16(28(26,27)23-14-5-7-15(25)8-6-14)11-17(13)19-12-22-20-18(21)3-2-10-24(19)20/h2-4,9-12,14-15,23,25H,5-8,21H2,1H3. The number of benzene rings is 1.